The quantitative estimate of drug-likeness (QED) is 0.786. The third kappa shape index (κ3) is 3.63. The third-order valence-electron chi connectivity index (χ3n) is 4.48. The summed E-state index contributed by atoms with van der Waals surface area (Å²) in [5.41, 5.74) is 0. The molecule has 0 spiro atoms. The van der Waals surface area contributed by atoms with Gasteiger partial charge in [0.1, 0.15) is 4.88 Å². The lowest BCUT2D eigenvalue weighted by Gasteiger charge is -2.36. The minimum absolute atomic E-state index is 0.103. The first kappa shape index (κ1) is 17.8. The molecule has 1 atom stereocenters. The molecule has 2 aliphatic heterocycles. The highest BCUT2D eigenvalue weighted by Gasteiger charge is 2.37. The van der Waals surface area contributed by atoms with Crippen LogP contribution in [0.15, 0.2) is 6.20 Å². The number of hydrogen-bond acceptors (Lipinski definition) is 6. The lowest BCUT2D eigenvalue weighted by atomic mass is 10.1. The van der Waals surface area contributed by atoms with Crippen LogP contribution in [0.3, 0.4) is 0 Å². The zero-order valence-corrected chi connectivity index (χ0v) is 15.4. The van der Waals surface area contributed by atoms with E-state index in [9.17, 15) is 13.2 Å². The highest BCUT2D eigenvalue weighted by molar-refractivity contribution is 7.89. The lowest BCUT2D eigenvalue weighted by Crippen LogP contribution is -2.51. The van der Waals surface area contributed by atoms with E-state index in [1.165, 1.54) is 15.6 Å². The highest BCUT2D eigenvalue weighted by Crippen LogP contribution is 2.24. The van der Waals surface area contributed by atoms with Gasteiger partial charge in [0.2, 0.25) is 10.0 Å². The standard InChI is InChI=1S/C15H23N3O4S2/c1-2-14-16-10-13(23-14)15(19)17-5-3-4-12(11-17)24(20,21)18-6-8-22-9-7-18/h10,12H,2-9,11H2,1H3/t12-/m1/s1. The highest BCUT2D eigenvalue weighted by atomic mass is 32.2. The van der Waals surface area contributed by atoms with Gasteiger partial charge in [-0.25, -0.2) is 13.4 Å². The van der Waals surface area contributed by atoms with E-state index in [2.05, 4.69) is 4.98 Å². The van der Waals surface area contributed by atoms with Crippen molar-refractivity contribution in [3.05, 3.63) is 16.1 Å². The largest absolute Gasteiger partial charge is 0.379 e. The Morgan fingerprint density at radius 2 is 2.12 bits per heavy atom. The van der Waals surface area contributed by atoms with Gasteiger partial charge in [0, 0.05) is 26.2 Å². The predicted molar refractivity (Wildman–Crippen MR) is 91.7 cm³/mol. The number of nitrogens with zero attached hydrogens (tertiary/aromatic N) is 3. The van der Waals surface area contributed by atoms with Gasteiger partial charge in [0.05, 0.1) is 29.7 Å². The van der Waals surface area contributed by atoms with Gasteiger partial charge < -0.3 is 9.64 Å². The topological polar surface area (TPSA) is 79.8 Å². The molecule has 3 heterocycles. The molecule has 1 aromatic rings. The van der Waals surface area contributed by atoms with E-state index < -0.39 is 15.3 Å². The summed E-state index contributed by atoms with van der Waals surface area (Å²) < 4.78 is 32.4. The van der Waals surface area contributed by atoms with E-state index in [4.69, 9.17) is 4.74 Å². The van der Waals surface area contributed by atoms with Crippen molar-refractivity contribution in [2.45, 2.75) is 31.4 Å². The lowest BCUT2D eigenvalue weighted by molar-refractivity contribution is 0.0688. The second-order valence-electron chi connectivity index (χ2n) is 6.04. The molecule has 24 heavy (non-hydrogen) atoms. The Kier molecular flexibility index (Phi) is 5.53. The van der Waals surface area contributed by atoms with Crippen molar-refractivity contribution < 1.29 is 17.9 Å². The number of thiazole rings is 1. The number of amides is 1. The van der Waals surface area contributed by atoms with Crippen LogP contribution in [0.1, 0.15) is 34.4 Å². The van der Waals surface area contributed by atoms with Gasteiger partial charge in [-0.1, -0.05) is 6.92 Å². The number of carbonyl (C=O) groups excluding carboxylic acids is 1. The number of morpholine rings is 1. The van der Waals surface area contributed by atoms with E-state index in [1.807, 2.05) is 6.92 Å². The number of sulfonamides is 1. The summed E-state index contributed by atoms with van der Waals surface area (Å²) in [6.45, 7) is 4.55. The molecule has 0 bridgehead atoms. The Bertz CT molecular complexity index is 683. The number of aryl methyl sites for hydroxylation is 1. The number of aromatic nitrogens is 1. The van der Waals surface area contributed by atoms with Crippen LogP contribution in [-0.4, -0.2) is 73.2 Å². The van der Waals surface area contributed by atoms with Crippen molar-refractivity contribution in [3.63, 3.8) is 0 Å². The zero-order chi connectivity index (χ0) is 17.2. The van der Waals surface area contributed by atoms with Gasteiger partial charge in [-0.2, -0.15) is 4.31 Å². The van der Waals surface area contributed by atoms with E-state index in [0.717, 1.165) is 11.4 Å². The van der Waals surface area contributed by atoms with Crippen molar-refractivity contribution in [1.29, 1.82) is 0 Å². The van der Waals surface area contributed by atoms with Gasteiger partial charge in [-0.3, -0.25) is 4.79 Å². The first-order valence-corrected chi connectivity index (χ1v) is 10.6. The molecule has 0 radical (unpaired) electrons. The third-order valence-corrected chi connectivity index (χ3v) is 7.93. The van der Waals surface area contributed by atoms with Gasteiger partial charge >= 0.3 is 0 Å². The number of carbonyl (C=O) groups is 1. The molecule has 0 unspecified atom stereocenters. The van der Waals surface area contributed by atoms with Crippen LogP contribution < -0.4 is 0 Å². The molecule has 3 rings (SSSR count). The average Bonchev–Trinajstić information content (AvgIpc) is 3.11. The Morgan fingerprint density at radius 3 is 2.79 bits per heavy atom. The molecule has 0 N–H and O–H groups in total. The summed E-state index contributed by atoms with van der Waals surface area (Å²) in [5.74, 6) is -0.103. The van der Waals surface area contributed by atoms with Gasteiger partial charge in [-0.15, -0.1) is 11.3 Å². The molecule has 2 fully saturated rings. The van der Waals surface area contributed by atoms with Crippen molar-refractivity contribution in [1.82, 2.24) is 14.2 Å². The first-order valence-electron chi connectivity index (χ1n) is 8.33. The Balaban J connectivity index is 1.70. The summed E-state index contributed by atoms with van der Waals surface area (Å²) in [7, 11) is -3.39. The van der Waals surface area contributed by atoms with Crippen molar-refractivity contribution in [3.8, 4) is 0 Å². The van der Waals surface area contributed by atoms with E-state index in [0.29, 0.717) is 50.6 Å². The van der Waals surface area contributed by atoms with Crippen LogP contribution in [0, 0.1) is 0 Å². The second kappa shape index (κ2) is 7.47. The second-order valence-corrected chi connectivity index (χ2v) is 9.37. The van der Waals surface area contributed by atoms with Crippen molar-refractivity contribution >= 4 is 27.3 Å². The molecule has 1 aromatic heterocycles. The Hall–Kier alpha value is -1.03. The summed E-state index contributed by atoms with van der Waals surface area (Å²) in [4.78, 5) is 19.1. The molecule has 2 saturated heterocycles. The fourth-order valence-corrected chi connectivity index (χ4v) is 5.84. The maximum Gasteiger partial charge on any atom is 0.265 e. The average molecular weight is 374 g/mol. The molecular weight excluding hydrogens is 350 g/mol. The molecule has 0 aromatic carbocycles. The van der Waals surface area contributed by atoms with Crippen molar-refractivity contribution in [2.24, 2.45) is 0 Å². The number of piperidine rings is 1. The minimum Gasteiger partial charge on any atom is -0.379 e. The van der Waals surface area contributed by atoms with Crippen LogP contribution in [0.4, 0.5) is 0 Å². The van der Waals surface area contributed by atoms with E-state index in [-0.39, 0.29) is 12.5 Å². The Morgan fingerprint density at radius 1 is 1.38 bits per heavy atom. The maximum atomic E-state index is 12.8. The number of rotatable bonds is 4. The van der Waals surface area contributed by atoms with Crippen LogP contribution in [0.25, 0.3) is 0 Å². The van der Waals surface area contributed by atoms with Crippen LogP contribution in [-0.2, 0) is 21.2 Å². The minimum atomic E-state index is -3.39. The number of likely N-dealkylation sites (tertiary alicyclic amines) is 1. The molecule has 9 heteroatoms. The van der Waals surface area contributed by atoms with Gasteiger partial charge in [0.15, 0.2) is 0 Å². The fraction of sp³-hybridized carbons (Fsp3) is 0.733. The monoisotopic (exact) mass is 373 g/mol. The molecule has 7 nitrogen and oxygen atoms in total. The molecule has 134 valence electrons. The number of hydrogen-bond donors (Lipinski definition) is 0. The van der Waals surface area contributed by atoms with Gasteiger partial charge in [-0.05, 0) is 19.3 Å². The summed E-state index contributed by atoms with van der Waals surface area (Å²) in [6, 6.07) is 0. The van der Waals surface area contributed by atoms with E-state index >= 15 is 0 Å². The van der Waals surface area contributed by atoms with Crippen LogP contribution in [0.5, 0.6) is 0 Å². The molecule has 1 amide bonds. The molecule has 2 aliphatic rings. The first-order chi connectivity index (χ1) is 11.5. The smallest absolute Gasteiger partial charge is 0.265 e. The molecule has 0 aliphatic carbocycles. The van der Waals surface area contributed by atoms with Crippen molar-refractivity contribution in [2.75, 3.05) is 39.4 Å². The maximum absolute atomic E-state index is 12.8. The number of ether oxygens (including phenoxy) is 1. The van der Waals surface area contributed by atoms with Crippen LogP contribution in [0.2, 0.25) is 0 Å². The predicted octanol–water partition coefficient (Wildman–Crippen LogP) is 0.972. The normalized spacial score (nSPS) is 23.4. The summed E-state index contributed by atoms with van der Waals surface area (Å²) >= 11 is 1.39. The Labute approximate surface area is 146 Å². The summed E-state index contributed by atoms with van der Waals surface area (Å²) in [5, 5.41) is 0.403. The van der Waals surface area contributed by atoms with E-state index in [1.54, 1.807) is 11.1 Å². The fourth-order valence-electron chi connectivity index (χ4n) is 3.11. The SMILES string of the molecule is CCc1ncc(C(=O)N2CCC[C@@H](S(=O)(=O)N3CCOCC3)C2)s1. The summed E-state index contributed by atoms with van der Waals surface area (Å²) in [6.07, 6.45) is 3.71. The van der Waals surface area contributed by atoms with Gasteiger partial charge in [0.25, 0.3) is 5.91 Å². The van der Waals surface area contributed by atoms with Crippen LogP contribution >= 0.6 is 11.3 Å². The molecule has 0 saturated carbocycles. The molecular formula is C15H23N3O4S2. The zero-order valence-electron chi connectivity index (χ0n) is 13.8.